The molecular weight excluding hydrogens is 342 g/mol. The van der Waals surface area contributed by atoms with Crippen molar-refractivity contribution in [1.82, 2.24) is 10.3 Å². The van der Waals surface area contributed by atoms with Gasteiger partial charge in [0, 0.05) is 16.9 Å². The second-order valence-electron chi connectivity index (χ2n) is 5.49. The van der Waals surface area contributed by atoms with Gasteiger partial charge in [0.05, 0.1) is 18.0 Å². The lowest BCUT2D eigenvalue weighted by atomic mass is 10.0. The molecular formula is C18H14ClN3OS. The lowest BCUT2D eigenvalue weighted by Crippen LogP contribution is -2.29. The van der Waals surface area contributed by atoms with E-state index < -0.39 is 0 Å². The summed E-state index contributed by atoms with van der Waals surface area (Å²) >= 11 is 11.6. The van der Waals surface area contributed by atoms with Gasteiger partial charge < -0.3 is 14.6 Å². The summed E-state index contributed by atoms with van der Waals surface area (Å²) in [4.78, 5) is 6.53. The van der Waals surface area contributed by atoms with E-state index in [1.807, 2.05) is 59.5 Å². The van der Waals surface area contributed by atoms with E-state index in [2.05, 4.69) is 10.3 Å². The average molecular weight is 356 g/mol. The summed E-state index contributed by atoms with van der Waals surface area (Å²) in [7, 11) is 0. The number of rotatable bonds is 3. The van der Waals surface area contributed by atoms with E-state index in [0.717, 1.165) is 17.1 Å². The summed E-state index contributed by atoms with van der Waals surface area (Å²) in [6, 6.07) is 17.1. The maximum Gasteiger partial charge on any atom is 0.174 e. The van der Waals surface area contributed by atoms with Crippen LogP contribution in [0.4, 0.5) is 5.69 Å². The standard InChI is InChI=1S/C18H14ClN3OS/c19-12-6-8-13(9-7-12)22-17(15-5-3-11-23-15)16(21-18(22)24)14-4-1-2-10-20-14/h1-11,16-17H,(H,21,24)/t16-,17-/m0/s1. The van der Waals surface area contributed by atoms with Crippen LogP contribution in [0.5, 0.6) is 0 Å². The summed E-state index contributed by atoms with van der Waals surface area (Å²) in [5, 5.41) is 4.69. The second-order valence-corrected chi connectivity index (χ2v) is 6.31. The molecule has 1 N–H and O–H groups in total. The first-order valence-electron chi connectivity index (χ1n) is 7.53. The van der Waals surface area contributed by atoms with E-state index in [-0.39, 0.29) is 12.1 Å². The van der Waals surface area contributed by atoms with E-state index in [9.17, 15) is 0 Å². The van der Waals surface area contributed by atoms with Crippen LogP contribution in [0, 0.1) is 0 Å². The molecule has 0 amide bonds. The summed E-state index contributed by atoms with van der Waals surface area (Å²) in [6.07, 6.45) is 3.45. The van der Waals surface area contributed by atoms with Crippen LogP contribution in [-0.4, -0.2) is 10.1 Å². The maximum absolute atomic E-state index is 6.02. The third-order valence-corrected chi connectivity index (χ3v) is 4.60. The summed E-state index contributed by atoms with van der Waals surface area (Å²) in [5.41, 5.74) is 1.87. The third kappa shape index (κ3) is 2.66. The molecule has 0 saturated carbocycles. The van der Waals surface area contributed by atoms with Gasteiger partial charge in [-0.15, -0.1) is 0 Å². The molecule has 0 radical (unpaired) electrons. The summed E-state index contributed by atoms with van der Waals surface area (Å²) in [6.45, 7) is 0. The highest BCUT2D eigenvalue weighted by molar-refractivity contribution is 7.80. The van der Waals surface area contributed by atoms with Crippen LogP contribution < -0.4 is 10.2 Å². The lowest BCUT2D eigenvalue weighted by molar-refractivity contribution is 0.432. The van der Waals surface area contributed by atoms with Crippen LogP contribution in [0.3, 0.4) is 0 Å². The van der Waals surface area contributed by atoms with Gasteiger partial charge in [0.25, 0.3) is 0 Å². The van der Waals surface area contributed by atoms with E-state index in [1.165, 1.54) is 0 Å². The zero-order chi connectivity index (χ0) is 16.5. The Morgan fingerprint density at radius 2 is 1.92 bits per heavy atom. The summed E-state index contributed by atoms with van der Waals surface area (Å²) < 4.78 is 5.70. The molecule has 4 nitrogen and oxygen atoms in total. The van der Waals surface area contributed by atoms with Crippen molar-refractivity contribution in [3.05, 3.63) is 83.5 Å². The molecule has 1 fully saturated rings. The number of pyridine rings is 1. The number of halogens is 1. The van der Waals surface area contributed by atoms with Crippen LogP contribution in [0.1, 0.15) is 23.5 Å². The molecule has 120 valence electrons. The zero-order valence-corrected chi connectivity index (χ0v) is 14.2. The second kappa shape index (κ2) is 6.26. The Morgan fingerprint density at radius 1 is 1.08 bits per heavy atom. The minimum Gasteiger partial charge on any atom is -0.467 e. The molecule has 24 heavy (non-hydrogen) atoms. The minimum atomic E-state index is -0.122. The van der Waals surface area contributed by atoms with Crippen molar-refractivity contribution in [3.63, 3.8) is 0 Å². The quantitative estimate of drug-likeness (QED) is 0.700. The van der Waals surface area contributed by atoms with Crippen molar-refractivity contribution in [3.8, 4) is 0 Å². The fourth-order valence-electron chi connectivity index (χ4n) is 2.98. The number of nitrogens with zero attached hydrogens (tertiary/aromatic N) is 2. The Hall–Kier alpha value is -2.37. The van der Waals surface area contributed by atoms with Gasteiger partial charge in [-0.05, 0) is 60.7 Å². The highest BCUT2D eigenvalue weighted by atomic mass is 35.5. The SMILES string of the molecule is S=C1N[C@@H](c2ccccn2)[C@H](c2ccco2)N1c1ccc(Cl)cc1. The molecule has 1 aromatic carbocycles. The summed E-state index contributed by atoms with van der Waals surface area (Å²) in [5.74, 6) is 0.827. The third-order valence-electron chi connectivity index (χ3n) is 4.04. The molecule has 1 saturated heterocycles. The smallest absolute Gasteiger partial charge is 0.174 e. The van der Waals surface area contributed by atoms with Crippen LogP contribution in [0.2, 0.25) is 5.02 Å². The highest BCUT2D eigenvalue weighted by Crippen LogP contribution is 2.41. The number of furan rings is 1. The van der Waals surface area contributed by atoms with Crippen LogP contribution in [0.25, 0.3) is 0 Å². The molecule has 0 bridgehead atoms. The lowest BCUT2D eigenvalue weighted by Gasteiger charge is -2.26. The van der Waals surface area contributed by atoms with Crippen molar-refractivity contribution in [1.29, 1.82) is 0 Å². The molecule has 0 unspecified atom stereocenters. The average Bonchev–Trinajstić information content (AvgIpc) is 3.24. The highest BCUT2D eigenvalue weighted by Gasteiger charge is 2.42. The first-order chi connectivity index (χ1) is 11.7. The molecule has 3 aromatic rings. The van der Waals surface area contributed by atoms with E-state index in [1.54, 1.807) is 12.5 Å². The zero-order valence-electron chi connectivity index (χ0n) is 12.6. The first kappa shape index (κ1) is 15.2. The molecule has 1 aliphatic rings. The molecule has 0 spiro atoms. The molecule has 1 aliphatic heterocycles. The van der Waals surface area contributed by atoms with Gasteiger partial charge in [0.1, 0.15) is 11.8 Å². The van der Waals surface area contributed by atoms with E-state index in [0.29, 0.717) is 10.1 Å². The number of hydrogen-bond donors (Lipinski definition) is 1. The van der Waals surface area contributed by atoms with Gasteiger partial charge in [-0.3, -0.25) is 4.98 Å². The Kier molecular flexibility index (Phi) is 3.96. The maximum atomic E-state index is 6.02. The van der Waals surface area contributed by atoms with E-state index >= 15 is 0 Å². The van der Waals surface area contributed by atoms with Crippen LogP contribution in [-0.2, 0) is 0 Å². The molecule has 3 heterocycles. The van der Waals surface area contributed by atoms with Gasteiger partial charge in [-0.25, -0.2) is 0 Å². The first-order valence-corrected chi connectivity index (χ1v) is 8.32. The van der Waals surface area contributed by atoms with Gasteiger partial charge in [-0.1, -0.05) is 17.7 Å². The number of hydrogen-bond acceptors (Lipinski definition) is 3. The Morgan fingerprint density at radius 3 is 2.58 bits per heavy atom. The Bertz CT molecular complexity index is 836. The van der Waals surface area contributed by atoms with Crippen molar-refractivity contribution in [2.24, 2.45) is 0 Å². The Labute approximate surface area is 150 Å². The normalized spacial score (nSPS) is 20.2. The van der Waals surface area contributed by atoms with Crippen molar-refractivity contribution in [2.45, 2.75) is 12.1 Å². The largest absolute Gasteiger partial charge is 0.467 e. The number of thiocarbonyl (C=S) groups is 1. The fourth-order valence-corrected chi connectivity index (χ4v) is 3.46. The van der Waals surface area contributed by atoms with Crippen molar-refractivity contribution >= 4 is 34.6 Å². The van der Waals surface area contributed by atoms with Gasteiger partial charge in [-0.2, -0.15) is 0 Å². The van der Waals surface area contributed by atoms with Crippen LogP contribution in [0.15, 0.2) is 71.5 Å². The molecule has 0 aliphatic carbocycles. The fraction of sp³-hybridized carbons (Fsp3) is 0.111. The predicted octanol–water partition coefficient (Wildman–Crippen LogP) is 4.51. The van der Waals surface area contributed by atoms with Crippen molar-refractivity contribution in [2.75, 3.05) is 4.90 Å². The van der Waals surface area contributed by atoms with Crippen molar-refractivity contribution < 1.29 is 4.42 Å². The predicted molar refractivity (Wildman–Crippen MR) is 98.1 cm³/mol. The molecule has 4 rings (SSSR count). The van der Waals surface area contributed by atoms with Gasteiger partial charge in [0.2, 0.25) is 0 Å². The number of anilines is 1. The minimum absolute atomic E-state index is 0.0967. The van der Waals surface area contributed by atoms with E-state index in [4.69, 9.17) is 28.2 Å². The number of nitrogens with one attached hydrogen (secondary N) is 1. The van der Waals surface area contributed by atoms with Crippen LogP contribution >= 0.6 is 23.8 Å². The topological polar surface area (TPSA) is 41.3 Å². The Balaban J connectivity index is 1.80. The molecule has 6 heteroatoms. The number of aromatic nitrogens is 1. The molecule has 2 atom stereocenters. The van der Waals surface area contributed by atoms with Gasteiger partial charge >= 0.3 is 0 Å². The molecule has 2 aromatic heterocycles. The monoisotopic (exact) mass is 355 g/mol. The number of benzene rings is 1. The van der Waals surface area contributed by atoms with Gasteiger partial charge in [0.15, 0.2) is 5.11 Å².